The largest absolute Gasteiger partial charge is 0.489 e. The third-order valence-corrected chi connectivity index (χ3v) is 6.61. The Labute approximate surface area is 215 Å². The van der Waals surface area contributed by atoms with Crippen molar-refractivity contribution in [3.63, 3.8) is 0 Å². The van der Waals surface area contributed by atoms with Crippen LogP contribution in [0.2, 0.25) is 0 Å². The van der Waals surface area contributed by atoms with Gasteiger partial charge in [0.05, 0.1) is 11.1 Å². The van der Waals surface area contributed by atoms with Crippen LogP contribution in [0, 0.1) is 5.92 Å². The molecule has 0 fully saturated rings. The summed E-state index contributed by atoms with van der Waals surface area (Å²) in [5, 5.41) is 0. The van der Waals surface area contributed by atoms with Gasteiger partial charge in [-0.25, -0.2) is 0 Å². The molecule has 200 valence electrons. The molecule has 0 heterocycles. The van der Waals surface area contributed by atoms with Crippen LogP contribution in [0.1, 0.15) is 68.3 Å². The Morgan fingerprint density at radius 3 is 2.08 bits per heavy atom. The van der Waals surface area contributed by atoms with Crippen LogP contribution in [-0.4, -0.2) is 11.6 Å². The molecule has 0 aromatic heterocycles. The van der Waals surface area contributed by atoms with Crippen molar-refractivity contribution >= 4 is 11.6 Å². The normalized spacial score (nSPS) is 15.8. The molecule has 0 saturated heterocycles. The standard InChI is InChI=1S/C29H24F6O3/c1-2-26(36)19-5-3-17(4-6-19)16-38-24-9-10-25-20(14-24)7-8-21(27(25)37)11-18-12-22(28(30,31)32)15-23(13-18)29(33,34)35/h3-6,9-10,12-15,21H,2,7-8,11,16H2,1H3. The van der Waals surface area contributed by atoms with E-state index >= 15 is 0 Å². The number of carbonyl (C=O) groups excluding carboxylic acids is 2. The minimum atomic E-state index is -4.94. The van der Waals surface area contributed by atoms with E-state index in [4.69, 9.17) is 4.74 Å². The molecule has 3 aromatic carbocycles. The van der Waals surface area contributed by atoms with Crippen molar-refractivity contribution in [1.82, 2.24) is 0 Å². The summed E-state index contributed by atoms with van der Waals surface area (Å²) in [7, 11) is 0. The highest BCUT2D eigenvalue weighted by Gasteiger charge is 2.37. The summed E-state index contributed by atoms with van der Waals surface area (Å²) < 4.78 is 85.0. The number of ether oxygens (including phenoxy) is 1. The van der Waals surface area contributed by atoms with Gasteiger partial charge in [0, 0.05) is 23.5 Å². The number of carbonyl (C=O) groups is 2. The summed E-state index contributed by atoms with van der Waals surface area (Å²) >= 11 is 0. The van der Waals surface area contributed by atoms with E-state index < -0.39 is 29.4 Å². The van der Waals surface area contributed by atoms with Gasteiger partial charge in [-0.3, -0.25) is 9.59 Å². The molecule has 0 N–H and O–H groups in total. The highest BCUT2D eigenvalue weighted by molar-refractivity contribution is 6.00. The first-order valence-electron chi connectivity index (χ1n) is 12.1. The van der Waals surface area contributed by atoms with Crippen LogP contribution in [0.25, 0.3) is 0 Å². The summed E-state index contributed by atoms with van der Waals surface area (Å²) in [6.45, 7) is 2.03. The molecule has 3 aromatic rings. The molecule has 0 spiro atoms. The van der Waals surface area contributed by atoms with Gasteiger partial charge in [0.25, 0.3) is 0 Å². The lowest BCUT2D eigenvalue weighted by molar-refractivity contribution is -0.143. The van der Waals surface area contributed by atoms with Gasteiger partial charge in [-0.2, -0.15) is 26.3 Å². The zero-order chi connectivity index (χ0) is 27.7. The Morgan fingerprint density at radius 2 is 1.50 bits per heavy atom. The van der Waals surface area contributed by atoms with Crippen molar-refractivity contribution in [3.05, 3.63) is 99.6 Å². The van der Waals surface area contributed by atoms with E-state index in [1.165, 1.54) is 0 Å². The molecule has 1 aliphatic carbocycles. The lowest BCUT2D eigenvalue weighted by atomic mass is 9.79. The highest BCUT2D eigenvalue weighted by atomic mass is 19.4. The van der Waals surface area contributed by atoms with Gasteiger partial charge in [0.15, 0.2) is 11.6 Å². The number of hydrogen-bond acceptors (Lipinski definition) is 3. The second kappa shape index (κ2) is 10.6. The highest BCUT2D eigenvalue weighted by Crippen LogP contribution is 2.38. The summed E-state index contributed by atoms with van der Waals surface area (Å²) in [5.41, 5.74) is -0.380. The summed E-state index contributed by atoms with van der Waals surface area (Å²) in [6, 6.07) is 13.4. The van der Waals surface area contributed by atoms with Gasteiger partial charge >= 0.3 is 12.4 Å². The molecule has 1 atom stereocenters. The van der Waals surface area contributed by atoms with Crippen LogP contribution in [0.3, 0.4) is 0 Å². The number of fused-ring (bicyclic) bond motifs is 1. The fourth-order valence-corrected chi connectivity index (χ4v) is 4.56. The fraction of sp³-hybridized carbons (Fsp3) is 0.310. The fourth-order valence-electron chi connectivity index (χ4n) is 4.56. The Kier molecular flexibility index (Phi) is 7.67. The molecular weight excluding hydrogens is 510 g/mol. The number of alkyl halides is 6. The maximum atomic E-state index is 13.2. The third-order valence-electron chi connectivity index (χ3n) is 6.61. The molecule has 0 radical (unpaired) electrons. The number of Topliss-reactive ketones (excluding diaryl/α,β-unsaturated/α-hetero) is 2. The monoisotopic (exact) mass is 534 g/mol. The molecule has 1 aliphatic rings. The Bertz CT molecular complexity index is 1310. The molecule has 4 rings (SSSR count). The lowest BCUT2D eigenvalue weighted by Gasteiger charge is -2.24. The molecule has 38 heavy (non-hydrogen) atoms. The number of halogens is 6. The summed E-state index contributed by atoms with van der Waals surface area (Å²) in [4.78, 5) is 24.8. The minimum Gasteiger partial charge on any atom is -0.489 e. The smallest absolute Gasteiger partial charge is 0.416 e. The van der Waals surface area contributed by atoms with Crippen molar-refractivity contribution in [3.8, 4) is 5.75 Å². The van der Waals surface area contributed by atoms with Crippen LogP contribution in [0.4, 0.5) is 26.3 Å². The van der Waals surface area contributed by atoms with E-state index in [0.29, 0.717) is 53.8 Å². The van der Waals surface area contributed by atoms with Gasteiger partial charge in [-0.15, -0.1) is 0 Å². The number of benzene rings is 3. The van der Waals surface area contributed by atoms with Crippen molar-refractivity contribution in [2.45, 2.75) is 51.6 Å². The van der Waals surface area contributed by atoms with Gasteiger partial charge < -0.3 is 4.74 Å². The van der Waals surface area contributed by atoms with Crippen molar-refractivity contribution in [2.24, 2.45) is 5.92 Å². The van der Waals surface area contributed by atoms with E-state index in [-0.39, 0.29) is 36.2 Å². The van der Waals surface area contributed by atoms with E-state index in [0.717, 1.165) is 5.56 Å². The average Bonchev–Trinajstić information content (AvgIpc) is 2.87. The Morgan fingerprint density at radius 1 is 0.868 bits per heavy atom. The maximum absolute atomic E-state index is 13.2. The van der Waals surface area contributed by atoms with Gasteiger partial charge in [-0.1, -0.05) is 31.2 Å². The van der Waals surface area contributed by atoms with Crippen LogP contribution in [-0.2, 0) is 31.8 Å². The van der Waals surface area contributed by atoms with Crippen molar-refractivity contribution in [2.75, 3.05) is 0 Å². The minimum absolute atomic E-state index is 0.0453. The Balaban J connectivity index is 1.46. The predicted molar refractivity (Wildman–Crippen MR) is 128 cm³/mol. The van der Waals surface area contributed by atoms with E-state index in [2.05, 4.69) is 0 Å². The summed E-state index contributed by atoms with van der Waals surface area (Å²) in [6.07, 6.45) is -8.96. The molecule has 3 nitrogen and oxygen atoms in total. The average molecular weight is 534 g/mol. The molecule has 0 bridgehead atoms. The molecule has 0 aliphatic heterocycles. The van der Waals surface area contributed by atoms with E-state index in [1.54, 1.807) is 49.4 Å². The lowest BCUT2D eigenvalue weighted by Crippen LogP contribution is -2.25. The Hall–Kier alpha value is -3.62. The topological polar surface area (TPSA) is 43.4 Å². The van der Waals surface area contributed by atoms with E-state index in [1.807, 2.05) is 0 Å². The van der Waals surface area contributed by atoms with Crippen molar-refractivity contribution < 1.29 is 40.7 Å². The van der Waals surface area contributed by atoms with Gasteiger partial charge in [0.1, 0.15) is 12.4 Å². The molecule has 0 amide bonds. The number of rotatable bonds is 7. The molecule has 1 unspecified atom stereocenters. The zero-order valence-electron chi connectivity index (χ0n) is 20.4. The van der Waals surface area contributed by atoms with Crippen LogP contribution < -0.4 is 4.74 Å². The molecule has 9 heteroatoms. The first-order valence-corrected chi connectivity index (χ1v) is 12.1. The number of hydrogen-bond donors (Lipinski definition) is 0. The second-order valence-corrected chi connectivity index (χ2v) is 9.30. The van der Waals surface area contributed by atoms with Crippen molar-refractivity contribution in [1.29, 1.82) is 0 Å². The third kappa shape index (κ3) is 6.26. The first-order chi connectivity index (χ1) is 17.8. The predicted octanol–water partition coefficient (Wildman–Crippen LogP) is 7.88. The number of aryl methyl sites for hydroxylation is 1. The zero-order valence-corrected chi connectivity index (χ0v) is 20.4. The quantitative estimate of drug-likeness (QED) is 0.229. The van der Waals surface area contributed by atoms with E-state index in [9.17, 15) is 35.9 Å². The maximum Gasteiger partial charge on any atom is 0.416 e. The van der Waals surface area contributed by atoms with Crippen LogP contribution in [0.15, 0.2) is 60.7 Å². The SMILES string of the molecule is CCC(=O)c1ccc(COc2ccc3c(c2)CCC(Cc2cc(C(F)(F)F)cc(C(F)(F)F)c2)C3=O)cc1. The summed E-state index contributed by atoms with van der Waals surface area (Å²) in [5.74, 6) is -0.483. The first kappa shape index (κ1) is 27.4. The van der Waals surface area contributed by atoms with Gasteiger partial charge in [0.2, 0.25) is 0 Å². The van der Waals surface area contributed by atoms with Crippen LogP contribution >= 0.6 is 0 Å². The molecular formula is C29H24F6O3. The number of ketones is 2. The molecule has 0 saturated carbocycles. The van der Waals surface area contributed by atoms with Crippen LogP contribution in [0.5, 0.6) is 5.75 Å². The second-order valence-electron chi connectivity index (χ2n) is 9.30. The van der Waals surface area contributed by atoms with Gasteiger partial charge in [-0.05, 0) is 72.4 Å².